The number of nitrogens with one attached hydrogen (secondary N) is 3. The van der Waals surface area contributed by atoms with E-state index < -0.39 is 48.4 Å². The molecule has 0 radical (unpaired) electrons. The SMILES string of the molecule is CSCCC(N)C(=O)NC(C)C(=O)NC(Cc1ccc(O)cc1)C(=O)NCC(=O)O. The first-order valence-corrected chi connectivity index (χ1v) is 10.7. The number of hydrogen-bond donors (Lipinski definition) is 6. The van der Waals surface area contributed by atoms with E-state index in [2.05, 4.69) is 16.0 Å². The van der Waals surface area contributed by atoms with Crippen molar-refractivity contribution in [3.8, 4) is 5.75 Å². The highest BCUT2D eigenvalue weighted by molar-refractivity contribution is 7.98. The van der Waals surface area contributed by atoms with E-state index in [1.165, 1.54) is 19.1 Å². The molecule has 0 saturated carbocycles. The van der Waals surface area contributed by atoms with Gasteiger partial charge < -0.3 is 31.9 Å². The van der Waals surface area contributed by atoms with Gasteiger partial charge in [0.15, 0.2) is 0 Å². The van der Waals surface area contributed by atoms with Crippen LogP contribution < -0.4 is 21.7 Å². The molecule has 0 fully saturated rings. The van der Waals surface area contributed by atoms with Gasteiger partial charge in [0.2, 0.25) is 17.7 Å². The van der Waals surface area contributed by atoms with Crippen LogP contribution in [0.3, 0.4) is 0 Å². The molecule has 0 saturated heterocycles. The molecule has 30 heavy (non-hydrogen) atoms. The summed E-state index contributed by atoms with van der Waals surface area (Å²) in [7, 11) is 0. The molecule has 1 aromatic rings. The smallest absolute Gasteiger partial charge is 0.322 e. The molecule has 11 heteroatoms. The molecule has 7 N–H and O–H groups in total. The molecule has 0 aliphatic carbocycles. The number of phenolic OH excluding ortho intramolecular Hbond substituents is 1. The van der Waals surface area contributed by atoms with E-state index in [0.717, 1.165) is 0 Å². The number of rotatable bonds is 12. The summed E-state index contributed by atoms with van der Waals surface area (Å²) in [6.07, 6.45) is 2.41. The molecule has 0 aliphatic rings. The van der Waals surface area contributed by atoms with E-state index in [1.807, 2.05) is 6.26 Å². The minimum absolute atomic E-state index is 0.0452. The predicted octanol–water partition coefficient (Wildman–Crippen LogP) is -0.795. The second-order valence-corrected chi connectivity index (χ2v) is 7.65. The first kappa shape index (κ1) is 25.2. The largest absolute Gasteiger partial charge is 0.508 e. The molecule has 0 spiro atoms. The number of nitrogens with two attached hydrogens (primary N) is 1. The van der Waals surface area contributed by atoms with E-state index in [9.17, 15) is 24.3 Å². The maximum Gasteiger partial charge on any atom is 0.322 e. The average molecular weight is 441 g/mol. The van der Waals surface area contributed by atoms with E-state index in [0.29, 0.717) is 17.7 Å². The fourth-order valence-corrected chi connectivity index (χ4v) is 2.91. The third kappa shape index (κ3) is 9.14. The van der Waals surface area contributed by atoms with Crippen LogP contribution in [0.25, 0.3) is 0 Å². The van der Waals surface area contributed by atoms with Gasteiger partial charge in [-0.3, -0.25) is 19.2 Å². The summed E-state index contributed by atoms with van der Waals surface area (Å²) in [5, 5.41) is 25.4. The van der Waals surface area contributed by atoms with Gasteiger partial charge in [0.05, 0.1) is 6.04 Å². The third-order valence-corrected chi connectivity index (χ3v) is 4.79. The van der Waals surface area contributed by atoms with Crippen LogP contribution in [0.2, 0.25) is 0 Å². The van der Waals surface area contributed by atoms with Crippen LogP contribution in [0.5, 0.6) is 5.75 Å². The summed E-state index contributed by atoms with van der Waals surface area (Å²) < 4.78 is 0. The second-order valence-electron chi connectivity index (χ2n) is 6.66. The fourth-order valence-electron chi connectivity index (χ4n) is 2.42. The van der Waals surface area contributed by atoms with Gasteiger partial charge in [0, 0.05) is 6.42 Å². The molecular weight excluding hydrogens is 412 g/mol. The van der Waals surface area contributed by atoms with Gasteiger partial charge in [-0.1, -0.05) is 12.1 Å². The van der Waals surface area contributed by atoms with Crippen LogP contribution in [0.1, 0.15) is 18.9 Å². The Bertz CT molecular complexity index is 743. The first-order valence-electron chi connectivity index (χ1n) is 9.26. The molecule has 1 rings (SSSR count). The van der Waals surface area contributed by atoms with E-state index in [4.69, 9.17) is 10.8 Å². The lowest BCUT2D eigenvalue weighted by Crippen LogP contribution is -2.55. The highest BCUT2D eigenvalue weighted by atomic mass is 32.2. The highest BCUT2D eigenvalue weighted by Gasteiger charge is 2.26. The van der Waals surface area contributed by atoms with E-state index in [1.54, 1.807) is 23.9 Å². The highest BCUT2D eigenvalue weighted by Crippen LogP contribution is 2.11. The molecule has 0 aromatic heterocycles. The van der Waals surface area contributed by atoms with Crippen molar-refractivity contribution in [1.82, 2.24) is 16.0 Å². The Balaban J connectivity index is 2.78. The summed E-state index contributed by atoms with van der Waals surface area (Å²) in [4.78, 5) is 47.7. The minimum Gasteiger partial charge on any atom is -0.508 e. The van der Waals surface area contributed by atoms with Gasteiger partial charge in [0.1, 0.15) is 24.4 Å². The van der Waals surface area contributed by atoms with Crippen molar-refractivity contribution in [2.24, 2.45) is 5.73 Å². The van der Waals surface area contributed by atoms with Crippen molar-refractivity contribution in [3.63, 3.8) is 0 Å². The normalized spacial score (nSPS) is 13.6. The molecule has 166 valence electrons. The van der Waals surface area contributed by atoms with E-state index >= 15 is 0 Å². The number of carbonyl (C=O) groups excluding carboxylic acids is 3. The number of phenols is 1. The van der Waals surface area contributed by atoms with Gasteiger partial charge >= 0.3 is 5.97 Å². The van der Waals surface area contributed by atoms with Crippen molar-refractivity contribution >= 4 is 35.5 Å². The van der Waals surface area contributed by atoms with Crippen molar-refractivity contribution in [2.45, 2.75) is 37.9 Å². The Kier molecular flexibility index (Phi) is 10.7. The molecule has 3 unspecified atom stereocenters. The number of thioether (sulfide) groups is 1. The number of carboxylic acids is 1. The molecular formula is C19H28N4O6S. The van der Waals surface area contributed by atoms with Gasteiger partial charge in [-0.05, 0) is 43.0 Å². The molecule has 3 amide bonds. The number of amides is 3. The topological polar surface area (TPSA) is 171 Å². The number of benzene rings is 1. The fraction of sp³-hybridized carbons (Fsp3) is 0.474. The molecule has 0 bridgehead atoms. The van der Waals surface area contributed by atoms with Gasteiger partial charge in [-0.2, -0.15) is 11.8 Å². The van der Waals surface area contributed by atoms with Crippen LogP contribution in [0.15, 0.2) is 24.3 Å². The predicted molar refractivity (Wildman–Crippen MR) is 113 cm³/mol. The maximum atomic E-state index is 12.5. The number of carboxylic acid groups (broad SMARTS) is 1. The second kappa shape index (κ2) is 12.7. The number of aromatic hydroxyl groups is 1. The quantitative estimate of drug-likeness (QED) is 0.245. The lowest BCUT2D eigenvalue weighted by atomic mass is 10.0. The van der Waals surface area contributed by atoms with Crippen molar-refractivity contribution in [2.75, 3.05) is 18.6 Å². The Morgan fingerprint density at radius 2 is 1.70 bits per heavy atom. The Morgan fingerprint density at radius 1 is 1.07 bits per heavy atom. The first-order chi connectivity index (χ1) is 14.1. The van der Waals surface area contributed by atoms with Crippen LogP contribution in [0.4, 0.5) is 0 Å². The van der Waals surface area contributed by atoms with Gasteiger partial charge in [-0.15, -0.1) is 0 Å². The lowest BCUT2D eigenvalue weighted by molar-refractivity contribution is -0.138. The van der Waals surface area contributed by atoms with Crippen LogP contribution in [0, 0.1) is 0 Å². The zero-order chi connectivity index (χ0) is 22.7. The molecule has 10 nitrogen and oxygen atoms in total. The standard InChI is InChI=1S/C19H28N4O6S/c1-11(22-18(28)14(20)7-8-30-2)17(27)23-15(19(29)21-10-16(25)26)9-12-3-5-13(24)6-4-12/h3-6,11,14-15,24H,7-10,20H2,1-2H3,(H,21,29)(H,22,28)(H,23,27)(H,25,26). The van der Waals surface area contributed by atoms with Crippen LogP contribution in [-0.4, -0.2) is 70.6 Å². The Labute approximate surface area is 179 Å². The monoisotopic (exact) mass is 440 g/mol. The third-order valence-electron chi connectivity index (χ3n) is 4.14. The van der Waals surface area contributed by atoms with E-state index in [-0.39, 0.29) is 12.2 Å². The van der Waals surface area contributed by atoms with Crippen molar-refractivity contribution in [1.29, 1.82) is 0 Å². The summed E-state index contributed by atoms with van der Waals surface area (Å²) >= 11 is 1.55. The lowest BCUT2D eigenvalue weighted by Gasteiger charge is -2.22. The number of carbonyl (C=O) groups is 4. The summed E-state index contributed by atoms with van der Waals surface area (Å²) in [5.74, 6) is -2.25. The number of hydrogen-bond acceptors (Lipinski definition) is 7. The average Bonchev–Trinajstić information content (AvgIpc) is 2.70. The maximum absolute atomic E-state index is 12.5. The molecule has 0 heterocycles. The minimum atomic E-state index is -1.22. The summed E-state index contributed by atoms with van der Waals surface area (Å²) in [6.45, 7) is 0.860. The Morgan fingerprint density at radius 3 is 2.27 bits per heavy atom. The summed E-state index contributed by atoms with van der Waals surface area (Å²) in [5.41, 5.74) is 6.42. The summed E-state index contributed by atoms with van der Waals surface area (Å²) in [6, 6.07) is 3.24. The zero-order valence-corrected chi connectivity index (χ0v) is 17.7. The van der Waals surface area contributed by atoms with Crippen LogP contribution in [-0.2, 0) is 25.6 Å². The van der Waals surface area contributed by atoms with Gasteiger partial charge in [0.25, 0.3) is 0 Å². The molecule has 0 aliphatic heterocycles. The molecule has 3 atom stereocenters. The van der Waals surface area contributed by atoms with Gasteiger partial charge in [-0.25, -0.2) is 0 Å². The van der Waals surface area contributed by atoms with Crippen molar-refractivity contribution in [3.05, 3.63) is 29.8 Å². The number of aliphatic carboxylic acids is 1. The molecule has 1 aromatic carbocycles. The van der Waals surface area contributed by atoms with Crippen molar-refractivity contribution < 1.29 is 29.4 Å². The zero-order valence-electron chi connectivity index (χ0n) is 16.9. The Hall–Kier alpha value is -2.79. The van der Waals surface area contributed by atoms with Crippen LogP contribution >= 0.6 is 11.8 Å².